The first-order chi connectivity index (χ1) is 20.8. The summed E-state index contributed by atoms with van der Waals surface area (Å²) in [5, 5.41) is 10.6. The highest BCUT2D eigenvalue weighted by Crippen LogP contribution is 2.59. The van der Waals surface area contributed by atoms with Crippen LogP contribution in [-0.2, 0) is 24.4 Å². The lowest BCUT2D eigenvalue weighted by Crippen LogP contribution is -2.33. The summed E-state index contributed by atoms with van der Waals surface area (Å²) in [7, 11) is 1.53. The zero-order chi connectivity index (χ0) is 29.8. The van der Waals surface area contributed by atoms with Crippen molar-refractivity contribution >= 4 is 40.2 Å². The highest BCUT2D eigenvalue weighted by atomic mass is 35.5. The molecule has 1 saturated carbocycles. The molecule has 2 aromatic carbocycles. The molecule has 3 fully saturated rings. The SMILES string of the molecule is COc1cc(C(=O)O)cc2c1nc(CN1C[C@@H]3C(c4nc(OCc5ccc(Cl)cc5F)ccc4Cl)[C@@H]3C1)n2CC1CCO1. The number of carboxylic acids is 1. The number of nitrogens with zero attached hydrogens (tertiary/aromatic N) is 4. The second-order valence-electron chi connectivity index (χ2n) is 11.4. The van der Waals surface area contributed by atoms with Gasteiger partial charge in [0, 0.05) is 42.3 Å². The van der Waals surface area contributed by atoms with Gasteiger partial charge in [-0.2, -0.15) is 0 Å². The Kier molecular flexibility index (Phi) is 7.41. The lowest BCUT2D eigenvalue weighted by Gasteiger charge is -2.28. The van der Waals surface area contributed by atoms with E-state index in [0.29, 0.717) is 57.7 Å². The van der Waals surface area contributed by atoms with Crippen molar-refractivity contribution in [2.24, 2.45) is 11.8 Å². The number of benzene rings is 2. The number of fused-ring (bicyclic) bond motifs is 2. The van der Waals surface area contributed by atoms with Crippen LogP contribution >= 0.6 is 23.2 Å². The Labute approximate surface area is 257 Å². The molecule has 0 bridgehead atoms. The zero-order valence-corrected chi connectivity index (χ0v) is 24.8. The summed E-state index contributed by atoms with van der Waals surface area (Å²) >= 11 is 12.4. The van der Waals surface area contributed by atoms with Crippen molar-refractivity contribution in [2.45, 2.75) is 38.1 Å². The molecule has 0 radical (unpaired) electrons. The van der Waals surface area contributed by atoms with Crippen LogP contribution in [0, 0.1) is 17.7 Å². The quantitative estimate of drug-likeness (QED) is 0.236. The number of hydrogen-bond donors (Lipinski definition) is 1. The number of likely N-dealkylation sites (tertiary alicyclic amines) is 1. The molecule has 1 N–H and O–H groups in total. The van der Waals surface area contributed by atoms with Crippen molar-refractivity contribution in [1.82, 2.24) is 19.4 Å². The molecule has 2 aromatic heterocycles. The first-order valence-corrected chi connectivity index (χ1v) is 14.9. The van der Waals surface area contributed by atoms with E-state index in [0.717, 1.165) is 43.2 Å². The molecule has 224 valence electrons. The molecular formula is C31H29Cl2FN4O5. The normalized spacial score (nSPS) is 22.8. The number of methoxy groups -OCH3 is 1. The Bertz CT molecular complexity index is 1720. The molecule has 9 nitrogen and oxygen atoms in total. The van der Waals surface area contributed by atoms with Crippen molar-refractivity contribution in [3.05, 3.63) is 81.0 Å². The molecule has 4 heterocycles. The number of pyridine rings is 1. The number of rotatable bonds is 10. The largest absolute Gasteiger partial charge is 0.494 e. The van der Waals surface area contributed by atoms with E-state index in [9.17, 15) is 14.3 Å². The van der Waals surface area contributed by atoms with E-state index < -0.39 is 11.8 Å². The maximum absolute atomic E-state index is 14.2. The van der Waals surface area contributed by atoms with Gasteiger partial charge in [0.15, 0.2) is 0 Å². The molecule has 4 aromatic rings. The van der Waals surface area contributed by atoms with E-state index in [1.165, 1.54) is 19.2 Å². The van der Waals surface area contributed by atoms with Gasteiger partial charge in [-0.1, -0.05) is 29.3 Å². The van der Waals surface area contributed by atoms with Gasteiger partial charge in [-0.25, -0.2) is 19.2 Å². The number of carboxylic acid groups (broad SMARTS) is 1. The van der Waals surface area contributed by atoms with Gasteiger partial charge in [-0.05, 0) is 48.6 Å². The lowest BCUT2D eigenvalue weighted by atomic mass is 10.1. The zero-order valence-electron chi connectivity index (χ0n) is 23.3. The minimum Gasteiger partial charge on any atom is -0.494 e. The lowest BCUT2D eigenvalue weighted by molar-refractivity contribution is -0.0591. The summed E-state index contributed by atoms with van der Waals surface area (Å²) in [6, 6.07) is 11.2. The third kappa shape index (κ3) is 5.42. The number of hydrogen-bond acceptors (Lipinski definition) is 7. The first-order valence-electron chi connectivity index (χ1n) is 14.2. The molecule has 7 rings (SSSR count). The molecule has 43 heavy (non-hydrogen) atoms. The summed E-state index contributed by atoms with van der Waals surface area (Å²) in [4.78, 5) is 23.8. The summed E-state index contributed by atoms with van der Waals surface area (Å²) in [5.41, 5.74) is 2.75. The van der Waals surface area contributed by atoms with E-state index in [1.807, 2.05) is 0 Å². The highest BCUT2D eigenvalue weighted by Gasteiger charge is 2.57. The smallest absolute Gasteiger partial charge is 0.335 e. The third-order valence-electron chi connectivity index (χ3n) is 8.73. The highest BCUT2D eigenvalue weighted by molar-refractivity contribution is 6.31. The minimum absolute atomic E-state index is 0.0357. The van der Waals surface area contributed by atoms with Gasteiger partial charge in [0.2, 0.25) is 5.88 Å². The van der Waals surface area contributed by atoms with Crippen LogP contribution in [0.5, 0.6) is 11.6 Å². The molecular weight excluding hydrogens is 598 g/mol. The van der Waals surface area contributed by atoms with Crippen LogP contribution in [0.4, 0.5) is 4.39 Å². The number of aromatic carboxylic acids is 1. The van der Waals surface area contributed by atoms with Crippen molar-refractivity contribution < 1.29 is 28.5 Å². The standard InChI is InChI=1S/C31H29Cl2FN4O5/c1-41-25-9-17(31(39)40)8-24-30(25)35-26(38(24)11-19-6-7-42-19)14-37-12-20-21(13-37)28(20)29-22(33)4-5-27(36-29)43-15-16-2-3-18(32)10-23(16)34/h2-5,8-10,19-21,28H,6-7,11-15H2,1H3,(H,39,40)/t19?,20-,21+,28?. The molecule has 0 spiro atoms. The second kappa shape index (κ2) is 11.2. The van der Waals surface area contributed by atoms with Gasteiger partial charge in [-0.15, -0.1) is 0 Å². The number of ether oxygens (including phenoxy) is 3. The fourth-order valence-electron chi connectivity index (χ4n) is 6.37. The van der Waals surface area contributed by atoms with Crippen LogP contribution in [0.2, 0.25) is 10.0 Å². The van der Waals surface area contributed by atoms with Crippen LogP contribution in [0.15, 0.2) is 42.5 Å². The predicted octanol–water partition coefficient (Wildman–Crippen LogP) is 5.80. The molecule has 2 aliphatic heterocycles. The van der Waals surface area contributed by atoms with Crippen LogP contribution in [0.3, 0.4) is 0 Å². The van der Waals surface area contributed by atoms with Gasteiger partial charge in [0.05, 0.1) is 48.1 Å². The van der Waals surface area contributed by atoms with Crippen LogP contribution < -0.4 is 9.47 Å². The monoisotopic (exact) mass is 626 g/mol. The fourth-order valence-corrected chi connectivity index (χ4v) is 6.76. The van der Waals surface area contributed by atoms with Crippen molar-refractivity contribution in [3.8, 4) is 11.6 Å². The van der Waals surface area contributed by atoms with Gasteiger partial charge in [0.25, 0.3) is 0 Å². The van der Waals surface area contributed by atoms with Crippen molar-refractivity contribution in [1.29, 1.82) is 0 Å². The van der Waals surface area contributed by atoms with Crippen LogP contribution in [0.1, 0.15) is 39.8 Å². The molecule has 0 amide bonds. The maximum atomic E-state index is 14.2. The fraction of sp³-hybridized carbons (Fsp3) is 0.387. The Balaban J connectivity index is 1.06. The number of halogens is 3. The van der Waals surface area contributed by atoms with Crippen molar-refractivity contribution in [2.75, 3.05) is 26.8 Å². The predicted molar refractivity (Wildman–Crippen MR) is 158 cm³/mol. The first kappa shape index (κ1) is 28.3. The topological polar surface area (TPSA) is 98.9 Å². The van der Waals surface area contributed by atoms with E-state index >= 15 is 0 Å². The molecule has 2 unspecified atom stereocenters. The van der Waals surface area contributed by atoms with E-state index in [1.54, 1.807) is 30.3 Å². The summed E-state index contributed by atoms with van der Waals surface area (Å²) in [6.45, 7) is 3.70. The molecule has 1 aliphatic carbocycles. The van der Waals surface area contributed by atoms with E-state index in [2.05, 4.69) is 9.47 Å². The molecule has 2 saturated heterocycles. The average Bonchev–Trinajstić information content (AvgIpc) is 3.27. The Morgan fingerprint density at radius 1 is 1.14 bits per heavy atom. The van der Waals surface area contributed by atoms with Crippen molar-refractivity contribution in [3.63, 3.8) is 0 Å². The third-order valence-corrected chi connectivity index (χ3v) is 9.29. The number of aromatic nitrogens is 3. The van der Waals surface area contributed by atoms with Crippen LogP contribution in [0.25, 0.3) is 11.0 Å². The van der Waals surface area contributed by atoms with E-state index in [-0.39, 0.29) is 24.2 Å². The Morgan fingerprint density at radius 2 is 1.93 bits per heavy atom. The Hall–Kier alpha value is -3.44. The molecule has 12 heteroatoms. The Morgan fingerprint density at radius 3 is 2.60 bits per heavy atom. The summed E-state index contributed by atoms with van der Waals surface area (Å²) in [6.07, 6.45) is 1.03. The van der Waals surface area contributed by atoms with Gasteiger partial charge in [0.1, 0.15) is 29.5 Å². The summed E-state index contributed by atoms with van der Waals surface area (Å²) in [5.74, 6) is 1.27. The second-order valence-corrected chi connectivity index (χ2v) is 12.2. The van der Waals surface area contributed by atoms with Crippen LogP contribution in [-0.4, -0.2) is 63.4 Å². The van der Waals surface area contributed by atoms with Gasteiger partial charge in [-0.3, -0.25) is 4.90 Å². The molecule has 3 aliphatic rings. The van der Waals surface area contributed by atoms with E-state index in [4.69, 9.17) is 47.4 Å². The molecule has 4 atom stereocenters. The van der Waals surface area contributed by atoms with Gasteiger partial charge < -0.3 is 23.9 Å². The minimum atomic E-state index is -1.01. The number of imidazole rings is 1. The number of piperidine rings is 1. The van der Waals surface area contributed by atoms with Gasteiger partial charge >= 0.3 is 5.97 Å². The maximum Gasteiger partial charge on any atom is 0.335 e. The average molecular weight is 627 g/mol. The number of carbonyl (C=O) groups is 1. The summed E-state index contributed by atoms with van der Waals surface area (Å²) < 4.78 is 33.3.